The molecule has 1 aliphatic heterocycles. The lowest BCUT2D eigenvalue weighted by molar-refractivity contribution is -0.212. The molecule has 144 valence electrons. The molecule has 29 heavy (non-hydrogen) atoms. The third-order valence-electron chi connectivity index (χ3n) is 4.72. The molecule has 1 saturated heterocycles. The van der Waals surface area contributed by atoms with Gasteiger partial charge in [0.05, 0.1) is 0 Å². The van der Waals surface area contributed by atoms with Crippen molar-refractivity contribution < 1.29 is 19.4 Å². The standard InChI is InChI=1S/C25H20O4/c26-21(17-16-18-10-4-1-5-11-18)24-25(27)29-23(20-14-8-3-9-15-20)22(28-24)19-12-6-2-7-13-19/h1-15,21-24,26H/t21-,22-,23-,24-/m0/s1. The van der Waals surface area contributed by atoms with E-state index in [1.807, 2.05) is 91.0 Å². The van der Waals surface area contributed by atoms with Crippen molar-refractivity contribution in [2.24, 2.45) is 0 Å². The average Bonchev–Trinajstić information content (AvgIpc) is 2.79. The van der Waals surface area contributed by atoms with E-state index in [2.05, 4.69) is 11.8 Å². The van der Waals surface area contributed by atoms with E-state index in [0.29, 0.717) is 0 Å². The van der Waals surface area contributed by atoms with Gasteiger partial charge in [-0.1, -0.05) is 90.7 Å². The molecule has 3 aromatic rings. The number of hydrogen-bond acceptors (Lipinski definition) is 4. The van der Waals surface area contributed by atoms with E-state index in [0.717, 1.165) is 16.7 Å². The second-order valence-electron chi connectivity index (χ2n) is 6.74. The normalized spacial score (nSPS) is 22.1. The molecule has 0 aliphatic carbocycles. The average molecular weight is 384 g/mol. The van der Waals surface area contributed by atoms with Crippen LogP contribution in [0.3, 0.4) is 0 Å². The van der Waals surface area contributed by atoms with Crippen molar-refractivity contribution in [2.75, 3.05) is 0 Å². The molecule has 0 spiro atoms. The van der Waals surface area contributed by atoms with Crippen LogP contribution in [0.5, 0.6) is 0 Å². The van der Waals surface area contributed by atoms with Crippen molar-refractivity contribution >= 4 is 5.97 Å². The Morgan fingerprint density at radius 3 is 1.86 bits per heavy atom. The van der Waals surface area contributed by atoms with Crippen LogP contribution in [0.2, 0.25) is 0 Å². The quantitative estimate of drug-likeness (QED) is 0.551. The molecule has 0 aromatic heterocycles. The summed E-state index contributed by atoms with van der Waals surface area (Å²) in [6, 6.07) is 28.3. The molecule has 1 heterocycles. The van der Waals surface area contributed by atoms with E-state index in [-0.39, 0.29) is 0 Å². The number of cyclic esters (lactones) is 1. The Labute approximate surface area is 169 Å². The Morgan fingerprint density at radius 2 is 1.28 bits per heavy atom. The predicted octanol–water partition coefficient (Wildman–Crippen LogP) is 3.82. The highest BCUT2D eigenvalue weighted by Gasteiger charge is 2.43. The minimum atomic E-state index is -1.30. The summed E-state index contributed by atoms with van der Waals surface area (Å²) in [6.07, 6.45) is -3.63. The number of rotatable bonds is 3. The largest absolute Gasteiger partial charge is 0.452 e. The zero-order chi connectivity index (χ0) is 20.1. The van der Waals surface area contributed by atoms with Crippen LogP contribution in [-0.4, -0.2) is 23.3 Å². The Bertz CT molecular complexity index is 1010. The number of carbonyl (C=O) groups excluding carboxylic acids is 1. The maximum atomic E-state index is 12.6. The number of aliphatic hydroxyl groups excluding tert-OH is 1. The van der Waals surface area contributed by atoms with Crippen molar-refractivity contribution in [1.29, 1.82) is 0 Å². The maximum absolute atomic E-state index is 12.6. The summed E-state index contributed by atoms with van der Waals surface area (Å²) in [5, 5.41) is 10.5. The van der Waals surface area contributed by atoms with Crippen LogP contribution in [0.1, 0.15) is 28.9 Å². The molecule has 1 aliphatic rings. The lowest BCUT2D eigenvalue weighted by Crippen LogP contribution is -2.44. The molecule has 0 amide bonds. The van der Waals surface area contributed by atoms with Gasteiger partial charge in [-0.25, -0.2) is 4.79 Å². The van der Waals surface area contributed by atoms with E-state index in [1.165, 1.54) is 0 Å². The zero-order valence-corrected chi connectivity index (χ0v) is 15.6. The monoisotopic (exact) mass is 384 g/mol. The van der Waals surface area contributed by atoms with Gasteiger partial charge in [0.25, 0.3) is 0 Å². The third kappa shape index (κ3) is 4.38. The first-order valence-corrected chi connectivity index (χ1v) is 9.43. The van der Waals surface area contributed by atoms with E-state index < -0.39 is 30.4 Å². The summed E-state index contributed by atoms with van der Waals surface area (Å²) in [5.41, 5.74) is 2.44. The number of benzene rings is 3. The molecule has 0 bridgehead atoms. The van der Waals surface area contributed by atoms with E-state index in [4.69, 9.17) is 9.47 Å². The van der Waals surface area contributed by atoms with Crippen LogP contribution in [0.15, 0.2) is 91.0 Å². The van der Waals surface area contributed by atoms with Crippen LogP contribution in [0, 0.1) is 11.8 Å². The highest BCUT2D eigenvalue weighted by Crippen LogP contribution is 2.40. The summed E-state index contributed by atoms with van der Waals surface area (Å²) < 4.78 is 11.8. The van der Waals surface area contributed by atoms with Crippen molar-refractivity contribution in [1.82, 2.24) is 0 Å². The van der Waals surface area contributed by atoms with Crippen LogP contribution >= 0.6 is 0 Å². The Hall–Kier alpha value is -3.39. The number of ether oxygens (including phenoxy) is 2. The smallest absolute Gasteiger partial charge is 0.339 e. The van der Waals surface area contributed by atoms with E-state index in [1.54, 1.807) is 0 Å². The molecule has 3 aromatic carbocycles. The van der Waals surface area contributed by atoms with Gasteiger partial charge in [0, 0.05) is 5.56 Å². The van der Waals surface area contributed by atoms with Crippen molar-refractivity contribution in [3.05, 3.63) is 108 Å². The molecule has 0 saturated carbocycles. The maximum Gasteiger partial charge on any atom is 0.339 e. The molecule has 4 heteroatoms. The first-order valence-electron chi connectivity index (χ1n) is 9.43. The second kappa shape index (κ2) is 8.74. The van der Waals surface area contributed by atoms with E-state index in [9.17, 15) is 9.90 Å². The Morgan fingerprint density at radius 1 is 0.759 bits per heavy atom. The van der Waals surface area contributed by atoms with Crippen LogP contribution in [0.25, 0.3) is 0 Å². The minimum Gasteiger partial charge on any atom is -0.452 e. The molecule has 4 nitrogen and oxygen atoms in total. The first-order chi connectivity index (χ1) is 14.2. The first kappa shape index (κ1) is 18.9. The zero-order valence-electron chi connectivity index (χ0n) is 15.6. The second-order valence-corrected chi connectivity index (χ2v) is 6.74. The van der Waals surface area contributed by atoms with Crippen molar-refractivity contribution in [3.63, 3.8) is 0 Å². The summed E-state index contributed by atoms with van der Waals surface area (Å²) in [5.74, 6) is 4.95. The number of aliphatic hydroxyl groups is 1. The molecule has 4 rings (SSSR count). The van der Waals surface area contributed by atoms with Gasteiger partial charge in [0.15, 0.2) is 18.3 Å². The molecule has 1 fully saturated rings. The molecule has 0 radical (unpaired) electrons. The van der Waals surface area contributed by atoms with Crippen molar-refractivity contribution in [2.45, 2.75) is 24.4 Å². The fourth-order valence-electron chi connectivity index (χ4n) is 3.28. The van der Waals surface area contributed by atoms with Gasteiger partial charge in [-0.05, 0) is 23.3 Å². The number of carbonyl (C=O) groups is 1. The molecule has 1 N–H and O–H groups in total. The molecular weight excluding hydrogens is 364 g/mol. The SMILES string of the molecule is O=C1O[C@@H](c2ccccc2)[C@H](c2ccccc2)O[C@H]1[C@@H](O)C#Cc1ccccc1. The van der Waals surface area contributed by atoms with Crippen LogP contribution < -0.4 is 0 Å². The van der Waals surface area contributed by atoms with Gasteiger partial charge in [-0.3, -0.25) is 0 Å². The van der Waals surface area contributed by atoms with Gasteiger partial charge in [-0.15, -0.1) is 0 Å². The van der Waals surface area contributed by atoms with Crippen LogP contribution in [0.4, 0.5) is 0 Å². The fourth-order valence-corrected chi connectivity index (χ4v) is 3.28. The highest BCUT2D eigenvalue weighted by atomic mass is 16.6. The summed E-state index contributed by atoms with van der Waals surface area (Å²) in [7, 11) is 0. The topological polar surface area (TPSA) is 55.8 Å². The summed E-state index contributed by atoms with van der Waals surface area (Å²) >= 11 is 0. The number of esters is 1. The lowest BCUT2D eigenvalue weighted by atomic mass is 9.96. The van der Waals surface area contributed by atoms with Gasteiger partial charge in [0.1, 0.15) is 6.10 Å². The lowest BCUT2D eigenvalue weighted by Gasteiger charge is -2.36. The number of hydrogen-bond donors (Lipinski definition) is 1. The predicted molar refractivity (Wildman–Crippen MR) is 109 cm³/mol. The molecule has 0 unspecified atom stereocenters. The molecular formula is C25H20O4. The van der Waals surface area contributed by atoms with Gasteiger partial charge < -0.3 is 14.6 Å². The Balaban J connectivity index is 1.62. The minimum absolute atomic E-state index is 0.547. The summed E-state index contributed by atoms with van der Waals surface area (Å²) in [4.78, 5) is 12.6. The third-order valence-corrected chi connectivity index (χ3v) is 4.72. The van der Waals surface area contributed by atoms with Gasteiger partial charge in [0.2, 0.25) is 0 Å². The molecule has 4 atom stereocenters. The van der Waals surface area contributed by atoms with Gasteiger partial charge >= 0.3 is 5.97 Å². The summed E-state index contributed by atoms with van der Waals surface area (Å²) in [6.45, 7) is 0. The Kier molecular flexibility index (Phi) is 5.71. The van der Waals surface area contributed by atoms with Crippen molar-refractivity contribution in [3.8, 4) is 11.8 Å². The van der Waals surface area contributed by atoms with Gasteiger partial charge in [-0.2, -0.15) is 0 Å². The fraction of sp³-hybridized carbons (Fsp3) is 0.160. The van der Waals surface area contributed by atoms with E-state index >= 15 is 0 Å². The highest BCUT2D eigenvalue weighted by molar-refractivity contribution is 5.77. The van der Waals surface area contributed by atoms with Crippen LogP contribution in [-0.2, 0) is 14.3 Å².